The minimum Gasteiger partial charge on any atom is -0.333 e. The molecule has 5 nitrogen and oxygen atoms in total. The number of anilines is 1. The second-order valence-corrected chi connectivity index (χ2v) is 7.27. The molecule has 0 saturated carbocycles. The number of thiazole rings is 1. The summed E-state index contributed by atoms with van der Waals surface area (Å²) in [6.45, 7) is 0. The van der Waals surface area contributed by atoms with Gasteiger partial charge >= 0.3 is 0 Å². The number of hydrogen-bond acceptors (Lipinski definition) is 4. The number of fused-ring (bicyclic) bond motifs is 1. The number of benzene rings is 1. The van der Waals surface area contributed by atoms with Crippen LogP contribution in [0.4, 0.5) is 5.13 Å². The van der Waals surface area contributed by atoms with Gasteiger partial charge in [-0.25, -0.2) is 4.98 Å². The minimum atomic E-state index is -0.384. The van der Waals surface area contributed by atoms with Crippen LogP contribution < -0.4 is 5.32 Å². The fraction of sp³-hybridized carbons (Fsp3) is 0.167. The van der Waals surface area contributed by atoms with Crippen LogP contribution in [0.1, 0.15) is 29.4 Å². The predicted molar refractivity (Wildman–Crippen MR) is 98.2 cm³/mol. The van der Waals surface area contributed by atoms with E-state index in [9.17, 15) is 9.59 Å². The third kappa shape index (κ3) is 3.10. The zero-order valence-electron chi connectivity index (χ0n) is 13.1. The van der Waals surface area contributed by atoms with Crippen molar-refractivity contribution in [3.05, 3.63) is 59.5 Å². The van der Waals surface area contributed by atoms with Crippen LogP contribution in [0.3, 0.4) is 0 Å². The van der Waals surface area contributed by atoms with Crippen molar-refractivity contribution in [1.29, 1.82) is 0 Å². The van der Waals surface area contributed by atoms with Crippen LogP contribution in [0.25, 0.3) is 10.4 Å². The maximum Gasteiger partial charge on any atom is 0.249 e. The molecule has 126 valence electrons. The fourth-order valence-electron chi connectivity index (χ4n) is 2.96. The number of carbonyl (C=O) groups excluding carboxylic acids is 2. The molecule has 4 rings (SSSR count). The number of amides is 1. The van der Waals surface area contributed by atoms with Crippen molar-refractivity contribution in [1.82, 2.24) is 9.55 Å². The number of ketones is 1. The fourth-order valence-corrected chi connectivity index (χ4v) is 3.91. The zero-order chi connectivity index (χ0) is 17.4. The van der Waals surface area contributed by atoms with Gasteiger partial charge < -0.3 is 9.88 Å². The highest BCUT2D eigenvalue weighted by Gasteiger charge is 2.29. The summed E-state index contributed by atoms with van der Waals surface area (Å²) in [5.74, 6) is -0.0738. The number of carbonyl (C=O) groups is 2. The van der Waals surface area contributed by atoms with Crippen molar-refractivity contribution in [2.75, 3.05) is 5.32 Å². The molecule has 0 bridgehead atoms. The Morgan fingerprint density at radius 3 is 2.88 bits per heavy atom. The Kier molecular flexibility index (Phi) is 4.15. The molecule has 1 N–H and O–H groups in total. The summed E-state index contributed by atoms with van der Waals surface area (Å²) in [7, 11) is 0. The van der Waals surface area contributed by atoms with E-state index < -0.39 is 0 Å². The second kappa shape index (κ2) is 6.46. The van der Waals surface area contributed by atoms with Crippen LogP contribution in [0, 0.1) is 0 Å². The predicted octanol–water partition coefficient (Wildman–Crippen LogP) is 4.42. The quantitative estimate of drug-likeness (QED) is 0.741. The van der Waals surface area contributed by atoms with E-state index in [0.29, 0.717) is 28.7 Å². The van der Waals surface area contributed by atoms with Gasteiger partial charge in [0.05, 0.1) is 10.6 Å². The SMILES string of the molecule is O=C1CCC(C(=O)Nc2ncc(-c3ccc(Cl)cc3)s2)n2cccc21. The van der Waals surface area contributed by atoms with E-state index in [2.05, 4.69) is 10.3 Å². The van der Waals surface area contributed by atoms with E-state index >= 15 is 0 Å². The molecular weight excluding hydrogens is 358 g/mol. The molecule has 3 aromatic rings. The third-order valence-corrected chi connectivity index (χ3v) is 5.43. The van der Waals surface area contributed by atoms with Crippen LogP contribution >= 0.6 is 22.9 Å². The van der Waals surface area contributed by atoms with Crippen LogP contribution in [-0.2, 0) is 4.79 Å². The molecule has 0 aliphatic carbocycles. The molecule has 3 heterocycles. The highest BCUT2D eigenvalue weighted by atomic mass is 35.5. The van der Waals surface area contributed by atoms with Gasteiger partial charge in [-0.2, -0.15) is 0 Å². The van der Waals surface area contributed by atoms with E-state index in [1.54, 1.807) is 29.1 Å². The molecule has 1 aromatic carbocycles. The Hall–Kier alpha value is -2.44. The first-order valence-corrected chi connectivity index (χ1v) is 9.04. The van der Waals surface area contributed by atoms with Gasteiger partial charge in [-0.05, 0) is 36.2 Å². The van der Waals surface area contributed by atoms with Crippen molar-refractivity contribution in [2.45, 2.75) is 18.9 Å². The van der Waals surface area contributed by atoms with Crippen LogP contribution in [0.2, 0.25) is 5.02 Å². The van der Waals surface area contributed by atoms with E-state index in [1.165, 1.54) is 11.3 Å². The van der Waals surface area contributed by atoms with Gasteiger partial charge in [0, 0.05) is 23.8 Å². The van der Waals surface area contributed by atoms with Crippen LogP contribution in [0.5, 0.6) is 0 Å². The Morgan fingerprint density at radius 2 is 2.08 bits per heavy atom. The summed E-state index contributed by atoms with van der Waals surface area (Å²) < 4.78 is 1.74. The lowest BCUT2D eigenvalue weighted by molar-refractivity contribution is -0.119. The normalized spacial score (nSPS) is 16.5. The summed E-state index contributed by atoms with van der Waals surface area (Å²) in [6, 6.07) is 10.6. The minimum absolute atomic E-state index is 0.0772. The number of rotatable bonds is 3. The van der Waals surface area contributed by atoms with Crippen LogP contribution in [0.15, 0.2) is 48.8 Å². The molecule has 0 spiro atoms. The highest BCUT2D eigenvalue weighted by Crippen LogP contribution is 2.31. The topological polar surface area (TPSA) is 64.0 Å². The smallest absolute Gasteiger partial charge is 0.249 e. The van der Waals surface area contributed by atoms with E-state index in [0.717, 1.165) is 10.4 Å². The molecule has 1 amide bonds. The van der Waals surface area contributed by atoms with E-state index in [1.807, 2.05) is 24.3 Å². The first kappa shape index (κ1) is 16.1. The standard InChI is InChI=1S/C18H14ClN3O2S/c19-12-5-3-11(4-6-12)16-10-20-18(25-16)21-17(24)14-7-8-15(23)13-2-1-9-22(13)14/h1-6,9-10,14H,7-8H2,(H,20,21,24). The first-order chi connectivity index (χ1) is 12.1. The maximum atomic E-state index is 12.6. The highest BCUT2D eigenvalue weighted by molar-refractivity contribution is 7.19. The summed E-state index contributed by atoms with van der Waals surface area (Å²) in [5, 5.41) is 4.09. The number of nitrogens with one attached hydrogen (secondary N) is 1. The lowest BCUT2D eigenvalue weighted by Gasteiger charge is -2.24. The summed E-state index contributed by atoms with van der Waals surface area (Å²) in [5.41, 5.74) is 1.59. The first-order valence-electron chi connectivity index (χ1n) is 7.84. The molecule has 0 radical (unpaired) electrons. The monoisotopic (exact) mass is 371 g/mol. The second-order valence-electron chi connectivity index (χ2n) is 5.80. The van der Waals surface area contributed by atoms with Crippen molar-refractivity contribution < 1.29 is 9.59 Å². The van der Waals surface area contributed by atoms with Gasteiger partial charge in [0.25, 0.3) is 0 Å². The van der Waals surface area contributed by atoms with Gasteiger partial charge in [-0.15, -0.1) is 0 Å². The van der Waals surface area contributed by atoms with Crippen LogP contribution in [-0.4, -0.2) is 21.2 Å². The lowest BCUT2D eigenvalue weighted by atomic mass is 10.0. The molecule has 0 fully saturated rings. The Bertz CT molecular complexity index is 945. The lowest BCUT2D eigenvalue weighted by Crippen LogP contribution is -2.31. The summed E-state index contributed by atoms with van der Waals surface area (Å²) in [4.78, 5) is 29.8. The molecular formula is C18H14ClN3O2S. The Labute approximate surface area is 153 Å². The summed E-state index contributed by atoms with van der Waals surface area (Å²) >= 11 is 7.31. The Morgan fingerprint density at radius 1 is 1.28 bits per heavy atom. The van der Waals surface area contributed by atoms with Gasteiger partial charge in [0.1, 0.15) is 6.04 Å². The number of Topliss-reactive ketones (excluding diaryl/α,β-unsaturated/α-hetero) is 1. The molecule has 7 heteroatoms. The average molecular weight is 372 g/mol. The Balaban J connectivity index is 1.52. The average Bonchev–Trinajstić information content (AvgIpc) is 3.26. The molecule has 1 aliphatic rings. The van der Waals surface area contributed by atoms with E-state index in [-0.39, 0.29) is 17.7 Å². The molecule has 2 aromatic heterocycles. The molecule has 25 heavy (non-hydrogen) atoms. The number of halogens is 1. The zero-order valence-corrected chi connectivity index (χ0v) is 14.7. The summed E-state index contributed by atoms with van der Waals surface area (Å²) in [6.07, 6.45) is 4.39. The molecule has 0 saturated heterocycles. The maximum absolute atomic E-state index is 12.6. The van der Waals surface area contributed by atoms with Gasteiger partial charge in [-0.1, -0.05) is 35.1 Å². The van der Waals surface area contributed by atoms with Gasteiger partial charge in [-0.3, -0.25) is 9.59 Å². The molecule has 1 aliphatic heterocycles. The number of nitrogens with zero attached hydrogens (tertiary/aromatic N) is 2. The van der Waals surface area contributed by atoms with Gasteiger partial charge in [0.2, 0.25) is 5.91 Å². The number of aromatic nitrogens is 2. The number of hydrogen-bond donors (Lipinski definition) is 1. The largest absolute Gasteiger partial charge is 0.333 e. The van der Waals surface area contributed by atoms with E-state index in [4.69, 9.17) is 11.6 Å². The van der Waals surface area contributed by atoms with Crippen molar-refractivity contribution in [3.8, 4) is 10.4 Å². The molecule has 1 atom stereocenters. The van der Waals surface area contributed by atoms with Crippen molar-refractivity contribution in [3.63, 3.8) is 0 Å². The molecule has 1 unspecified atom stereocenters. The van der Waals surface area contributed by atoms with Crippen molar-refractivity contribution in [2.24, 2.45) is 0 Å². The van der Waals surface area contributed by atoms with Crippen molar-refractivity contribution >= 4 is 39.8 Å². The third-order valence-electron chi connectivity index (χ3n) is 4.21. The van der Waals surface area contributed by atoms with Gasteiger partial charge in [0.15, 0.2) is 10.9 Å².